The fourth-order valence-electron chi connectivity index (χ4n) is 1.85. The molecule has 1 rings (SSSR count). The van der Waals surface area contributed by atoms with Crippen molar-refractivity contribution >= 4 is 22.8 Å². The van der Waals surface area contributed by atoms with Gasteiger partial charge in [-0.1, -0.05) is 13.3 Å². The summed E-state index contributed by atoms with van der Waals surface area (Å²) in [6.07, 6.45) is 3.39. The van der Waals surface area contributed by atoms with Gasteiger partial charge in [-0.05, 0) is 30.9 Å². The molecule has 0 aliphatic carbocycles. The normalized spacial score (nSPS) is 17.2. The molecule has 1 aliphatic rings. The van der Waals surface area contributed by atoms with Crippen LogP contribution in [0.25, 0.3) is 0 Å². The monoisotopic (exact) mass is 261 g/mol. The predicted octanol–water partition coefficient (Wildman–Crippen LogP) is 1.81. The third kappa shape index (κ3) is 5.04. The number of carbonyl (C=O) groups excluding carboxylic acids is 2. The Morgan fingerprint density at radius 1 is 1.35 bits per heavy atom. The summed E-state index contributed by atoms with van der Waals surface area (Å²) in [5.41, 5.74) is 0. The number of hydrogen-bond acceptors (Lipinski definition) is 3. The molecule has 1 amide bonds. The van der Waals surface area contributed by atoms with Gasteiger partial charge in [-0.15, -0.1) is 0 Å². The van der Waals surface area contributed by atoms with Crippen molar-refractivity contribution in [2.75, 3.05) is 26.3 Å². The summed E-state index contributed by atoms with van der Waals surface area (Å²) in [5.74, 6) is -0.0664. The van der Waals surface area contributed by atoms with Gasteiger partial charge in [0, 0.05) is 25.6 Å². The number of halogens is 1. The lowest BCUT2D eigenvalue weighted by Crippen LogP contribution is -2.41. The SMILES string of the molecule is CCCCOCC(=O)N1CCC(C(=O)Cl)CC1. The van der Waals surface area contributed by atoms with Crippen LogP contribution >= 0.6 is 11.6 Å². The highest BCUT2D eigenvalue weighted by molar-refractivity contribution is 6.63. The lowest BCUT2D eigenvalue weighted by atomic mass is 9.98. The van der Waals surface area contributed by atoms with Gasteiger partial charge in [0.2, 0.25) is 11.1 Å². The Balaban J connectivity index is 2.19. The van der Waals surface area contributed by atoms with Crippen molar-refractivity contribution in [3.8, 4) is 0 Å². The van der Waals surface area contributed by atoms with Crippen molar-refractivity contribution in [2.45, 2.75) is 32.6 Å². The Labute approximate surface area is 107 Å². The highest BCUT2D eigenvalue weighted by atomic mass is 35.5. The largest absolute Gasteiger partial charge is 0.372 e. The van der Waals surface area contributed by atoms with Gasteiger partial charge in [-0.3, -0.25) is 9.59 Å². The van der Waals surface area contributed by atoms with E-state index in [1.807, 2.05) is 0 Å². The lowest BCUT2D eigenvalue weighted by Gasteiger charge is -2.30. The quantitative estimate of drug-likeness (QED) is 0.541. The predicted molar refractivity (Wildman–Crippen MR) is 65.9 cm³/mol. The standard InChI is InChI=1S/C12H20ClNO3/c1-2-3-8-17-9-11(15)14-6-4-10(5-7-14)12(13)16/h10H,2-9H2,1H3. The lowest BCUT2D eigenvalue weighted by molar-refractivity contribution is -0.138. The summed E-state index contributed by atoms with van der Waals surface area (Å²) < 4.78 is 5.28. The van der Waals surface area contributed by atoms with Crippen molar-refractivity contribution in [2.24, 2.45) is 5.92 Å². The average molecular weight is 262 g/mol. The highest BCUT2D eigenvalue weighted by Gasteiger charge is 2.25. The van der Waals surface area contributed by atoms with E-state index in [9.17, 15) is 9.59 Å². The summed E-state index contributed by atoms with van der Waals surface area (Å²) in [4.78, 5) is 24.4. The molecule has 98 valence electrons. The minimum Gasteiger partial charge on any atom is -0.372 e. The number of ether oxygens (including phenoxy) is 1. The van der Waals surface area contributed by atoms with Crippen molar-refractivity contribution < 1.29 is 14.3 Å². The Kier molecular flexibility index (Phi) is 6.52. The number of nitrogens with zero attached hydrogens (tertiary/aromatic N) is 1. The molecular formula is C12H20ClNO3. The third-order valence-corrected chi connectivity index (χ3v) is 3.35. The minimum atomic E-state index is -0.281. The second kappa shape index (κ2) is 7.67. The van der Waals surface area contributed by atoms with E-state index in [0.29, 0.717) is 32.5 Å². The molecule has 0 atom stereocenters. The number of rotatable bonds is 6. The Morgan fingerprint density at radius 3 is 2.53 bits per heavy atom. The fraction of sp³-hybridized carbons (Fsp3) is 0.833. The van der Waals surface area contributed by atoms with Gasteiger partial charge in [0.1, 0.15) is 6.61 Å². The van der Waals surface area contributed by atoms with Gasteiger partial charge in [-0.25, -0.2) is 0 Å². The Bertz CT molecular complexity index is 262. The van der Waals surface area contributed by atoms with E-state index in [4.69, 9.17) is 16.3 Å². The molecule has 0 N–H and O–H groups in total. The summed E-state index contributed by atoms with van der Waals surface area (Å²) in [7, 11) is 0. The first-order valence-corrected chi connectivity index (χ1v) is 6.57. The zero-order valence-electron chi connectivity index (χ0n) is 10.3. The molecule has 0 radical (unpaired) electrons. The van der Waals surface area contributed by atoms with Crippen LogP contribution in [0.2, 0.25) is 0 Å². The number of likely N-dealkylation sites (tertiary alicyclic amines) is 1. The van der Waals surface area contributed by atoms with E-state index < -0.39 is 0 Å². The molecule has 0 aromatic rings. The van der Waals surface area contributed by atoms with Crippen molar-refractivity contribution in [3.63, 3.8) is 0 Å². The van der Waals surface area contributed by atoms with Crippen molar-refractivity contribution in [1.82, 2.24) is 4.90 Å². The van der Waals surface area contributed by atoms with Gasteiger partial charge in [0.25, 0.3) is 0 Å². The van der Waals surface area contributed by atoms with Crippen LogP contribution in [0.5, 0.6) is 0 Å². The molecule has 0 saturated carbocycles. The van der Waals surface area contributed by atoms with Gasteiger partial charge < -0.3 is 9.64 Å². The van der Waals surface area contributed by atoms with E-state index in [-0.39, 0.29) is 23.7 Å². The molecular weight excluding hydrogens is 242 g/mol. The molecule has 1 heterocycles. The first-order valence-electron chi connectivity index (χ1n) is 6.20. The fourth-order valence-corrected chi connectivity index (χ4v) is 2.07. The maximum atomic E-state index is 11.7. The van der Waals surface area contributed by atoms with Gasteiger partial charge >= 0.3 is 0 Å². The zero-order valence-corrected chi connectivity index (χ0v) is 11.0. The van der Waals surface area contributed by atoms with Crippen LogP contribution in [0.15, 0.2) is 0 Å². The Hall–Kier alpha value is -0.610. The molecule has 0 aromatic carbocycles. The van der Waals surface area contributed by atoms with Crippen LogP contribution in [0.4, 0.5) is 0 Å². The number of amides is 1. The third-order valence-electron chi connectivity index (χ3n) is 3.04. The smallest absolute Gasteiger partial charge is 0.248 e. The number of piperidine rings is 1. The van der Waals surface area contributed by atoms with Crippen LogP contribution in [0.3, 0.4) is 0 Å². The molecule has 1 fully saturated rings. The van der Waals surface area contributed by atoms with E-state index in [2.05, 4.69) is 6.92 Å². The molecule has 1 aliphatic heterocycles. The second-order valence-corrected chi connectivity index (χ2v) is 4.74. The van der Waals surface area contributed by atoms with Gasteiger partial charge in [-0.2, -0.15) is 0 Å². The van der Waals surface area contributed by atoms with E-state index in [1.54, 1.807) is 4.90 Å². The zero-order chi connectivity index (χ0) is 12.7. The van der Waals surface area contributed by atoms with Crippen LogP contribution < -0.4 is 0 Å². The maximum absolute atomic E-state index is 11.7. The van der Waals surface area contributed by atoms with E-state index in [0.717, 1.165) is 12.8 Å². The molecule has 4 nitrogen and oxygen atoms in total. The van der Waals surface area contributed by atoms with Crippen molar-refractivity contribution in [1.29, 1.82) is 0 Å². The first kappa shape index (κ1) is 14.5. The minimum absolute atomic E-state index is 0.0153. The summed E-state index contributed by atoms with van der Waals surface area (Å²) in [6.45, 7) is 4.09. The van der Waals surface area contributed by atoms with Crippen LogP contribution in [0.1, 0.15) is 32.6 Å². The number of carbonyl (C=O) groups is 2. The van der Waals surface area contributed by atoms with E-state index in [1.165, 1.54) is 0 Å². The first-order chi connectivity index (χ1) is 8.15. The molecule has 17 heavy (non-hydrogen) atoms. The molecule has 0 unspecified atom stereocenters. The van der Waals surface area contributed by atoms with E-state index >= 15 is 0 Å². The Morgan fingerprint density at radius 2 is 2.00 bits per heavy atom. The van der Waals surface area contributed by atoms with Crippen LogP contribution in [-0.2, 0) is 14.3 Å². The maximum Gasteiger partial charge on any atom is 0.248 e. The molecule has 1 saturated heterocycles. The second-order valence-electron chi connectivity index (χ2n) is 4.37. The molecule has 0 aromatic heterocycles. The van der Waals surface area contributed by atoms with Crippen LogP contribution in [-0.4, -0.2) is 42.4 Å². The van der Waals surface area contributed by atoms with Crippen molar-refractivity contribution in [3.05, 3.63) is 0 Å². The number of hydrogen-bond donors (Lipinski definition) is 0. The molecule has 0 spiro atoms. The highest BCUT2D eigenvalue weighted by Crippen LogP contribution is 2.19. The number of unbranched alkanes of at least 4 members (excludes halogenated alkanes) is 1. The van der Waals surface area contributed by atoms with Crippen LogP contribution in [0, 0.1) is 5.92 Å². The molecule has 0 bridgehead atoms. The summed E-state index contributed by atoms with van der Waals surface area (Å²) in [6, 6.07) is 0. The topological polar surface area (TPSA) is 46.6 Å². The van der Waals surface area contributed by atoms with Gasteiger partial charge in [0.05, 0.1) is 0 Å². The average Bonchev–Trinajstić information content (AvgIpc) is 2.34. The van der Waals surface area contributed by atoms with Gasteiger partial charge in [0.15, 0.2) is 0 Å². The summed E-state index contributed by atoms with van der Waals surface area (Å²) >= 11 is 5.44. The molecule has 5 heteroatoms. The summed E-state index contributed by atoms with van der Waals surface area (Å²) in [5, 5.41) is -0.281.